The Labute approximate surface area is 249 Å². The monoisotopic (exact) mass is 596 g/mol. The Bertz CT molecular complexity index is 1450. The van der Waals surface area contributed by atoms with Crippen molar-refractivity contribution >= 4 is 51.8 Å². The fraction of sp³-hybridized carbons (Fsp3) is 0.323. The van der Waals surface area contributed by atoms with Gasteiger partial charge in [-0.3, -0.25) is 19.2 Å². The molecule has 0 bridgehead atoms. The Morgan fingerprint density at radius 3 is 1.88 bits per heavy atom. The molecule has 0 spiro atoms. The fourth-order valence-corrected chi connectivity index (χ4v) is 3.84. The average molecular weight is 597 g/mol. The van der Waals surface area contributed by atoms with Gasteiger partial charge in [-0.15, -0.1) is 0 Å². The fourth-order valence-electron chi connectivity index (χ4n) is 3.84. The molecule has 0 amide bonds. The summed E-state index contributed by atoms with van der Waals surface area (Å²) in [5.41, 5.74) is 2.86. The lowest BCUT2D eigenvalue weighted by molar-refractivity contribution is -0.143. The summed E-state index contributed by atoms with van der Waals surface area (Å²) in [5.74, 6) is -2.09. The van der Waals surface area contributed by atoms with Gasteiger partial charge in [0, 0.05) is 18.3 Å². The van der Waals surface area contributed by atoms with Gasteiger partial charge in [-0.1, -0.05) is 24.3 Å². The summed E-state index contributed by atoms with van der Waals surface area (Å²) >= 11 is 0. The third-order valence-electron chi connectivity index (χ3n) is 6.17. The number of hydrogen-bond donors (Lipinski definition) is 1. The maximum atomic E-state index is 11.6. The number of ketones is 1. The molecule has 0 saturated carbocycles. The minimum Gasteiger partial charge on any atom is -0.480 e. The van der Waals surface area contributed by atoms with E-state index in [-0.39, 0.29) is 32.0 Å². The molecule has 3 aromatic carbocycles. The molecule has 12 nitrogen and oxygen atoms in total. The highest BCUT2D eigenvalue weighted by Gasteiger charge is 2.20. The van der Waals surface area contributed by atoms with E-state index in [4.69, 9.17) is 9.84 Å². The number of carbonyl (C=O) groups is 5. The van der Waals surface area contributed by atoms with Crippen LogP contribution in [0, 0.1) is 6.92 Å². The molecule has 0 fully saturated rings. The van der Waals surface area contributed by atoms with Crippen LogP contribution in [0.1, 0.15) is 22.8 Å². The third-order valence-corrected chi connectivity index (χ3v) is 6.17. The lowest BCUT2D eigenvalue weighted by Crippen LogP contribution is -2.36. The second kappa shape index (κ2) is 16.3. The molecule has 0 unspecified atom stereocenters. The van der Waals surface area contributed by atoms with Gasteiger partial charge in [-0.05, 0) is 60.5 Å². The molecule has 1 N–H and O–H groups in total. The maximum absolute atomic E-state index is 11.6. The normalized spacial score (nSPS) is 10.1. The molecular weight excluding hydrogens is 560 g/mol. The molecule has 12 heteroatoms. The molecule has 0 aliphatic rings. The molecule has 0 aliphatic heterocycles. The van der Waals surface area contributed by atoms with Crippen molar-refractivity contribution in [1.82, 2.24) is 0 Å². The van der Waals surface area contributed by atoms with Crippen LogP contribution < -0.4 is 14.5 Å². The second-order valence-corrected chi connectivity index (χ2v) is 9.40. The van der Waals surface area contributed by atoms with Crippen molar-refractivity contribution in [3.63, 3.8) is 0 Å². The summed E-state index contributed by atoms with van der Waals surface area (Å²) in [6.45, 7) is 2.69. The number of likely N-dealkylation sites (N-methyl/N-ethyl adjacent to an activating group) is 1. The Hall–Kier alpha value is -5.13. The van der Waals surface area contributed by atoms with Gasteiger partial charge >= 0.3 is 23.9 Å². The number of methoxy groups -OCH3 is 3. The number of aryl methyl sites for hydroxylation is 1. The average Bonchev–Trinajstić information content (AvgIpc) is 2.98. The topological polar surface area (TPSA) is 149 Å². The number of carbonyl (C=O) groups excluding carboxylic acids is 4. The van der Waals surface area contributed by atoms with Crippen LogP contribution in [0.2, 0.25) is 0 Å². The van der Waals surface area contributed by atoms with Gasteiger partial charge in [0.25, 0.3) is 0 Å². The SMILES string of the molecule is CC(=O)c1ccc2cc(N(C)CC(=O)O)ccc2c1.COC(=O)COc1cc(C)ccc1N(CC(=O)OC)CC(=O)OC. The van der Waals surface area contributed by atoms with Crippen LogP contribution in [0.3, 0.4) is 0 Å². The molecule has 0 atom stereocenters. The molecule has 3 rings (SSSR count). The number of fused-ring (bicyclic) bond motifs is 1. The van der Waals surface area contributed by atoms with Crippen molar-refractivity contribution < 1.29 is 48.0 Å². The molecule has 0 aromatic heterocycles. The van der Waals surface area contributed by atoms with E-state index in [2.05, 4.69) is 14.2 Å². The summed E-state index contributed by atoms with van der Waals surface area (Å²) in [7, 11) is 5.49. The number of anilines is 2. The molecule has 0 aliphatic carbocycles. The summed E-state index contributed by atoms with van der Waals surface area (Å²) < 4.78 is 19.3. The van der Waals surface area contributed by atoms with E-state index in [0.717, 1.165) is 22.0 Å². The van der Waals surface area contributed by atoms with Crippen molar-refractivity contribution in [2.75, 3.05) is 64.4 Å². The van der Waals surface area contributed by atoms with Crippen LogP contribution in [0.25, 0.3) is 10.8 Å². The number of rotatable bonds is 12. The zero-order valence-corrected chi connectivity index (χ0v) is 25.0. The molecule has 3 aromatic rings. The number of esters is 3. The number of carboxylic acids is 1. The van der Waals surface area contributed by atoms with Gasteiger partial charge in [0.1, 0.15) is 25.4 Å². The van der Waals surface area contributed by atoms with Crippen molar-refractivity contribution in [1.29, 1.82) is 0 Å². The van der Waals surface area contributed by atoms with E-state index in [0.29, 0.717) is 17.0 Å². The highest BCUT2D eigenvalue weighted by molar-refractivity contribution is 5.99. The highest BCUT2D eigenvalue weighted by atomic mass is 16.6. The van der Waals surface area contributed by atoms with E-state index < -0.39 is 23.9 Å². The van der Waals surface area contributed by atoms with Crippen LogP contribution in [0.4, 0.5) is 11.4 Å². The summed E-state index contributed by atoms with van der Waals surface area (Å²) in [5, 5.41) is 10.7. The smallest absolute Gasteiger partial charge is 0.343 e. The highest BCUT2D eigenvalue weighted by Crippen LogP contribution is 2.30. The first-order valence-electron chi connectivity index (χ1n) is 13.0. The number of nitrogens with zero attached hydrogens (tertiary/aromatic N) is 2. The first-order chi connectivity index (χ1) is 20.4. The molecule has 0 radical (unpaired) electrons. The predicted molar refractivity (Wildman–Crippen MR) is 160 cm³/mol. The van der Waals surface area contributed by atoms with E-state index in [1.165, 1.54) is 33.2 Å². The Kier molecular flexibility index (Phi) is 13.0. The van der Waals surface area contributed by atoms with Crippen molar-refractivity contribution in [3.8, 4) is 5.75 Å². The molecule has 0 saturated heterocycles. The predicted octanol–water partition coefficient (Wildman–Crippen LogP) is 3.26. The molecule has 43 heavy (non-hydrogen) atoms. The van der Waals surface area contributed by atoms with Gasteiger partial charge in [-0.25, -0.2) is 4.79 Å². The number of benzene rings is 3. The van der Waals surface area contributed by atoms with Crippen molar-refractivity contribution in [2.45, 2.75) is 13.8 Å². The van der Waals surface area contributed by atoms with Crippen molar-refractivity contribution in [2.24, 2.45) is 0 Å². The van der Waals surface area contributed by atoms with Crippen LogP contribution in [-0.2, 0) is 33.4 Å². The van der Waals surface area contributed by atoms with Crippen LogP contribution in [0.5, 0.6) is 5.75 Å². The summed E-state index contributed by atoms with van der Waals surface area (Å²) in [4.78, 5) is 59.7. The first-order valence-corrected chi connectivity index (χ1v) is 13.0. The zero-order chi connectivity index (χ0) is 32.1. The molecular formula is C31H36N2O10. The van der Waals surface area contributed by atoms with Gasteiger partial charge in [0.2, 0.25) is 0 Å². The zero-order valence-electron chi connectivity index (χ0n) is 25.0. The van der Waals surface area contributed by atoms with Crippen LogP contribution in [-0.4, -0.2) is 89.4 Å². The van der Waals surface area contributed by atoms with Gasteiger partial charge in [-0.2, -0.15) is 0 Å². The number of Topliss-reactive ketones (excluding diaryl/α,β-unsaturated/α-hetero) is 1. The van der Waals surface area contributed by atoms with E-state index >= 15 is 0 Å². The lowest BCUT2D eigenvalue weighted by Gasteiger charge is -2.24. The Balaban J connectivity index is 0.000000307. The van der Waals surface area contributed by atoms with E-state index in [1.54, 1.807) is 36.2 Å². The van der Waals surface area contributed by atoms with E-state index in [1.807, 2.05) is 37.3 Å². The van der Waals surface area contributed by atoms with Gasteiger partial charge in [0.15, 0.2) is 12.4 Å². The van der Waals surface area contributed by atoms with E-state index in [9.17, 15) is 24.0 Å². The van der Waals surface area contributed by atoms with Gasteiger partial charge < -0.3 is 33.9 Å². The number of ether oxygens (including phenoxy) is 4. The minimum absolute atomic E-state index is 0.0361. The third kappa shape index (κ3) is 10.7. The van der Waals surface area contributed by atoms with Crippen molar-refractivity contribution in [3.05, 3.63) is 65.7 Å². The summed E-state index contributed by atoms with van der Waals surface area (Å²) in [6, 6.07) is 16.4. The molecule has 230 valence electrons. The quantitative estimate of drug-likeness (QED) is 0.186. The van der Waals surface area contributed by atoms with Crippen LogP contribution >= 0.6 is 0 Å². The lowest BCUT2D eigenvalue weighted by atomic mass is 10.0. The summed E-state index contributed by atoms with van der Waals surface area (Å²) in [6.07, 6.45) is 0. The Morgan fingerprint density at radius 2 is 1.33 bits per heavy atom. The second-order valence-electron chi connectivity index (χ2n) is 9.40. The Morgan fingerprint density at radius 1 is 0.744 bits per heavy atom. The number of aliphatic carboxylic acids is 1. The minimum atomic E-state index is -0.866. The first kappa shape index (κ1) is 34.1. The van der Waals surface area contributed by atoms with Gasteiger partial charge in [0.05, 0.1) is 27.0 Å². The largest absolute Gasteiger partial charge is 0.480 e. The maximum Gasteiger partial charge on any atom is 0.343 e. The number of carboxylic acid groups (broad SMARTS) is 1. The molecule has 0 heterocycles. The van der Waals surface area contributed by atoms with Crippen LogP contribution in [0.15, 0.2) is 54.6 Å². The standard InChI is InChI=1S/C16H21NO7.C15H15NO3/c1-11-5-6-12(13(7-11)24-10-16(20)23-4)17(8-14(18)21-2)9-15(19)22-3;1-10(17)11-3-4-13-8-14(6-5-12(13)7-11)16(2)9-15(18)19/h5-7H,8-10H2,1-4H3;3-8H,9H2,1-2H3,(H,18,19). The number of hydrogen-bond acceptors (Lipinski definition) is 11.